The third kappa shape index (κ3) is 5.94. The largest absolute Gasteiger partial charge is 0.373 e. The molecule has 0 amide bonds. The molecule has 1 saturated carbocycles. The summed E-state index contributed by atoms with van der Waals surface area (Å²) < 4.78 is 5.68. The summed E-state index contributed by atoms with van der Waals surface area (Å²) in [5.74, 6) is 1.53. The summed E-state index contributed by atoms with van der Waals surface area (Å²) in [5.41, 5.74) is 5.30. The number of ether oxygens (including phenoxy) is 1. The molecule has 0 heterocycles. The smallest absolute Gasteiger partial charge is 0.0721 e. The number of allylic oxidation sites excluding steroid dienone is 3. The van der Waals surface area contributed by atoms with Crippen LogP contribution in [0.3, 0.4) is 0 Å². The minimum atomic E-state index is 0.670. The summed E-state index contributed by atoms with van der Waals surface area (Å²) in [7, 11) is 0. The molecule has 3 rings (SSSR count). The first-order chi connectivity index (χ1) is 13.8. The average Bonchev–Trinajstić information content (AvgIpc) is 2.75. The van der Waals surface area contributed by atoms with E-state index in [0.717, 1.165) is 18.3 Å². The molecular weight excluding hydrogens is 340 g/mol. The maximum atomic E-state index is 5.68. The molecule has 0 N–H and O–H groups in total. The highest BCUT2D eigenvalue weighted by Gasteiger charge is 2.20. The lowest BCUT2D eigenvalue weighted by atomic mass is 9.78. The van der Waals surface area contributed by atoms with Crippen LogP contribution in [0.5, 0.6) is 0 Å². The highest BCUT2D eigenvalue weighted by atomic mass is 16.5. The van der Waals surface area contributed by atoms with Crippen molar-refractivity contribution in [3.63, 3.8) is 0 Å². The highest BCUT2D eigenvalue weighted by molar-refractivity contribution is 5.64. The lowest BCUT2D eigenvalue weighted by molar-refractivity contribution is 0.148. The Bertz CT molecular complexity index is 744. The Morgan fingerprint density at radius 2 is 1.50 bits per heavy atom. The number of rotatable bonds is 8. The Hall–Kier alpha value is -2.12. The van der Waals surface area contributed by atoms with E-state index in [1.165, 1.54) is 47.9 Å². The second-order valence-corrected chi connectivity index (χ2v) is 7.85. The van der Waals surface area contributed by atoms with Crippen molar-refractivity contribution in [1.82, 2.24) is 0 Å². The van der Waals surface area contributed by atoms with Gasteiger partial charge in [-0.1, -0.05) is 79.8 Å². The summed E-state index contributed by atoms with van der Waals surface area (Å²) in [6.45, 7) is 5.63. The number of hydrogen-bond donors (Lipinski definition) is 0. The van der Waals surface area contributed by atoms with Crippen molar-refractivity contribution in [2.45, 2.75) is 58.5 Å². The monoisotopic (exact) mass is 374 g/mol. The molecule has 0 spiro atoms. The van der Waals surface area contributed by atoms with E-state index in [1.807, 2.05) is 0 Å². The summed E-state index contributed by atoms with van der Waals surface area (Å²) in [6, 6.07) is 18.0. The molecule has 1 aliphatic rings. The van der Waals surface area contributed by atoms with Crippen LogP contribution in [0.4, 0.5) is 0 Å². The minimum absolute atomic E-state index is 0.670. The molecule has 1 nitrogen and oxygen atoms in total. The molecule has 1 fully saturated rings. The maximum absolute atomic E-state index is 5.68. The van der Waals surface area contributed by atoms with Gasteiger partial charge in [0.15, 0.2) is 0 Å². The van der Waals surface area contributed by atoms with Gasteiger partial charge in [0, 0.05) is 0 Å². The highest BCUT2D eigenvalue weighted by Crippen LogP contribution is 2.36. The van der Waals surface area contributed by atoms with Crippen molar-refractivity contribution in [1.29, 1.82) is 0 Å². The first kappa shape index (κ1) is 20.6. The third-order valence-electron chi connectivity index (χ3n) is 5.79. The van der Waals surface area contributed by atoms with E-state index in [4.69, 9.17) is 4.74 Å². The normalized spacial score (nSPS) is 20.2. The Labute approximate surface area is 171 Å². The van der Waals surface area contributed by atoms with Gasteiger partial charge in [-0.3, -0.25) is 0 Å². The van der Waals surface area contributed by atoms with Crippen LogP contribution < -0.4 is 0 Å². The molecule has 0 aromatic heterocycles. The molecule has 0 radical (unpaired) electrons. The van der Waals surface area contributed by atoms with Crippen LogP contribution in [0.15, 0.2) is 72.8 Å². The number of hydrogen-bond acceptors (Lipinski definition) is 1. The molecule has 1 aliphatic carbocycles. The lowest BCUT2D eigenvalue weighted by Gasteiger charge is -2.27. The average molecular weight is 375 g/mol. The first-order valence-corrected chi connectivity index (χ1v) is 10.8. The Kier molecular flexibility index (Phi) is 8.11. The molecule has 1 heteroatoms. The molecule has 148 valence electrons. The van der Waals surface area contributed by atoms with Gasteiger partial charge >= 0.3 is 0 Å². The van der Waals surface area contributed by atoms with Crippen molar-refractivity contribution in [3.8, 4) is 11.1 Å². The standard InChI is InChI=1S/C27H34O/c1-3-5-6-20-28-21-23-10-14-25(15-11-23)27-18-16-26(17-19-27)24-12-8-22(7-4-2)9-13-24/h4-7,10-11,14-19,22,24H,3,8-9,12-13,20-21H2,1-2H3. The third-order valence-corrected chi connectivity index (χ3v) is 5.79. The first-order valence-electron chi connectivity index (χ1n) is 10.8. The predicted molar refractivity (Wildman–Crippen MR) is 120 cm³/mol. The zero-order valence-corrected chi connectivity index (χ0v) is 17.4. The van der Waals surface area contributed by atoms with Crippen LogP contribution in [0.2, 0.25) is 0 Å². The molecule has 0 atom stereocenters. The predicted octanol–water partition coefficient (Wildman–Crippen LogP) is 7.69. The van der Waals surface area contributed by atoms with Crippen LogP contribution in [-0.4, -0.2) is 6.61 Å². The van der Waals surface area contributed by atoms with Gasteiger partial charge in [-0.05, 0) is 73.1 Å². The van der Waals surface area contributed by atoms with Gasteiger partial charge in [-0.25, -0.2) is 0 Å². The fourth-order valence-corrected chi connectivity index (χ4v) is 4.14. The Morgan fingerprint density at radius 3 is 2.11 bits per heavy atom. The van der Waals surface area contributed by atoms with Crippen LogP contribution in [0.1, 0.15) is 63.0 Å². The van der Waals surface area contributed by atoms with Gasteiger partial charge in [0.25, 0.3) is 0 Å². The SMILES string of the molecule is CC=CC1CCC(c2ccc(-c3ccc(COCC=CCC)cc3)cc2)CC1. The van der Waals surface area contributed by atoms with Gasteiger partial charge in [-0.2, -0.15) is 0 Å². The van der Waals surface area contributed by atoms with Gasteiger partial charge in [-0.15, -0.1) is 0 Å². The molecule has 2 aromatic rings. The van der Waals surface area contributed by atoms with Crippen molar-refractivity contribution >= 4 is 0 Å². The van der Waals surface area contributed by atoms with E-state index in [0.29, 0.717) is 13.2 Å². The van der Waals surface area contributed by atoms with Crippen molar-refractivity contribution in [2.75, 3.05) is 6.61 Å². The van der Waals surface area contributed by atoms with Crippen LogP contribution in [-0.2, 0) is 11.3 Å². The number of benzene rings is 2. The molecular formula is C27H34O. The minimum Gasteiger partial charge on any atom is -0.373 e. The van der Waals surface area contributed by atoms with E-state index in [1.54, 1.807) is 0 Å². The van der Waals surface area contributed by atoms with Crippen LogP contribution in [0.25, 0.3) is 11.1 Å². The molecule has 0 aliphatic heterocycles. The summed E-state index contributed by atoms with van der Waals surface area (Å²) in [4.78, 5) is 0. The zero-order chi connectivity index (χ0) is 19.6. The quantitative estimate of drug-likeness (QED) is 0.340. The van der Waals surface area contributed by atoms with Gasteiger partial charge in [0.1, 0.15) is 0 Å². The topological polar surface area (TPSA) is 9.23 Å². The second-order valence-electron chi connectivity index (χ2n) is 7.85. The van der Waals surface area contributed by atoms with E-state index in [9.17, 15) is 0 Å². The summed E-state index contributed by atoms with van der Waals surface area (Å²) in [6.07, 6.45) is 15.2. The van der Waals surface area contributed by atoms with E-state index in [2.05, 4.69) is 86.7 Å². The maximum Gasteiger partial charge on any atom is 0.0721 e. The van der Waals surface area contributed by atoms with Gasteiger partial charge in [0.2, 0.25) is 0 Å². The molecule has 0 bridgehead atoms. The fourth-order valence-electron chi connectivity index (χ4n) is 4.14. The van der Waals surface area contributed by atoms with E-state index >= 15 is 0 Å². The van der Waals surface area contributed by atoms with Crippen LogP contribution in [0, 0.1) is 5.92 Å². The van der Waals surface area contributed by atoms with Gasteiger partial charge in [0.05, 0.1) is 13.2 Å². The molecule has 0 unspecified atom stereocenters. The van der Waals surface area contributed by atoms with Crippen molar-refractivity contribution in [2.24, 2.45) is 5.92 Å². The van der Waals surface area contributed by atoms with E-state index in [-0.39, 0.29) is 0 Å². The van der Waals surface area contributed by atoms with E-state index < -0.39 is 0 Å². The molecule has 2 aromatic carbocycles. The van der Waals surface area contributed by atoms with Crippen molar-refractivity contribution < 1.29 is 4.74 Å². The zero-order valence-electron chi connectivity index (χ0n) is 17.4. The lowest BCUT2D eigenvalue weighted by Crippen LogP contribution is -2.11. The van der Waals surface area contributed by atoms with Gasteiger partial charge < -0.3 is 4.74 Å². The Morgan fingerprint density at radius 1 is 0.857 bits per heavy atom. The fraction of sp³-hybridized carbons (Fsp3) is 0.407. The second kappa shape index (κ2) is 11.0. The summed E-state index contributed by atoms with van der Waals surface area (Å²) >= 11 is 0. The summed E-state index contributed by atoms with van der Waals surface area (Å²) in [5, 5.41) is 0. The van der Waals surface area contributed by atoms with Crippen molar-refractivity contribution in [3.05, 3.63) is 84.0 Å². The molecule has 0 saturated heterocycles. The Balaban J connectivity index is 1.54. The molecule has 28 heavy (non-hydrogen) atoms. The van der Waals surface area contributed by atoms with Crippen LogP contribution >= 0.6 is 0 Å².